The Bertz CT molecular complexity index is 497. The van der Waals surface area contributed by atoms with E-state index in [1.807, 2.05) is 12.1 Å². The molecule has 1 aromatic heterocycles. The average molecular weight is 243 g/mol. The van der Waals surface area contributed by atoms with Crippen LogP contribution < -0.4 is 0 Å². The maximum Gasteiger partial charge on any atom is 0.166 e. The predicted molar refractivity (Wildman–Crippen MR) is 71.7 cm³/mol. The fraction of sp³-hybridized carbons (Fsp3) is 0.267. The molecule has 2 rings (SSSR count). The third kappa shape index (κ3) is 2.51. The molecule has 1 N–H and O–H groups in total. The summed E-state index contributed by atoms with van der Waals surface area (Å²) in [6, 6.07) is 1.88. The summed E-state index contributed by atoms with van der Waals surface area (Å²) in [7, 11) is 0. The zero-order chi connectivity index (χ0) is 13.0. The van der Waals surface area contributed by atoms with Crippen molar-refractivity contribution in [3.8, 4) is 0 Å². The van der Waals surface area contributed by atoms with Gasteiger partial charge in [-0.3, -0.25) is 4.79 Å². The highest BCUT2D eigenvalue weighted by Crippen LogP contribution is 2.34. The second-order valence-electron chi connectivity index (χ2n) is 4.30. The van der Waals surface area contributed by atoms with E-state index in [0.717, 1.165) is 36.0 Å². The number of hydrogen-bond donors (Lipinski definition) is 1. The van der Waals surface area contributed by atoms with Crippen molar-refractivity contribution in [1.29, 1.82) is 0 Å². The summed E-state index contributed by atoms with van der Waals surface area (Å²) in [5.41, 5.74) is 3.86. The fourth-order valence-electron chi connectivity index (χ4n) is 2.22. The zero-order valence-electron chi connectivity index (χ0n) is 10.3. The number of nitrogens with one attached hydrogen (secondary N) is 1. The normalized spacial score (nSPS) is 18.4. The molecule has 1 aliphatic rings. The minimum Gasteiger partial charge on any atom is -0.369 e. The van der Waals surface area contributed by atoms with Crippen LogP contribution in [0.25, 0.3) is 0 Å². The summed E-state index contributed by atoms with van der Waals surface area (Å²) in [6.45, 7) is 7.91. The SMILES string of the molecule is C=C/C=C(\C=C)COC1CCc2[nH]c(C=O)cc21. The van der Waals surface area contributed by atoms with Crippen molar-refractivity contribution < 1.29 is 9.53 Å². The molecule has 18 heavy (non-hydrogen) atoms. The largest absolute Gasteiger partial charge is 0.369 e. The Labute approximate surface area is 107 Å². The molecule has 3 nitrogen and oxygen atoms in total. The second-order valence-corrected chi connectivity index (χ2v) is 4.30. The van der Waals surface area contributed by atoms with E-state index in [4.69, 9.17) is 4.74 Å². The maximum absolute atomic E-state index is 10.7. The van der Waals surface area contributed by atoms with Crippen LogP contribution >= 0.6 is 0 Å². The van der Waals surface area contributed by atoms with Crippen molar-refractivity contribution in [3.63, 3.8) is 0 Å². The number of aldehydes is 1. The molecule has 3 heteroatoms. The van der Waals surface area contributed by atoms with Crippen LogP contribution in [0.4, 0.5) is 0 Å². The Kier molecular flexibility index (Phi) is 3.95. The van der Waals surface area contributed by atoms with Crippen molar-refractivity contribution in [2.24, 2.45) is 0 Å². The van der Waals surface area contributed by atoms with Crippen LogP contribution in [0.1, 0.15) is 34.3 Å². The standard InChI is InChI=1S/C15H17NO2/c1-3-5-11(4-2)10-18-15-7-6-14-13(15)8-12(9-17)16-14/h3-5,8-9,15-16H,1-2,6-7,10H2/b11-5+. The van der Waals surface area contributed by atoms with Gasteiger partial charge in [0.2, 0.25) is 0 Å². The van der Waals surface area contributed by atoms with Crippen molar-refractivity contribution in [2.45, 2.75) is 18.9 Å². The lowest BCUT2D eigenvalue weighted by Crippen LogP contribution is -2.02. The van der Waals surface area contributed by atoms with E-state index in [1.54, 1.807) is 12.2 Å². The molecule has 0 bridgehead atoms. The lowest BCUT2D eigenvalue weighted by molar-refractivity contribution is 0.0723. The van der Waals surface area contributed by atoms with Gasteiger partial charge in [0.05, 0.1) is 18.4 Å². The lowest BCUT2D eigenvalue weighted by Gasteiger charge is -2.12. The van der Waals surface area contributed by atoms with E-state index in [9.17, 15) is 4.79 Å². The predicted octanol–water partition coefficient (Wildman–Crippen LogP) is 3.13. The van der Waals surface area contributed by atoms with Gasteiger partial charge in [0, 0.05) is 11.3 Å². The number of carbonyl (C=O) groups excluding carboxylic acids is 1. The van der Waals surface area contributed by atoms with Gasteiger partial charge in [0.25, 0.3) is 0 Å². The summed E-state index contributed by atoms with van der Waals surface area (Å²) in [5.74, 6) is 0. The van der Waals surface area contributed by atoms with Crippen molar-refractivity contribution in [3.05, 3.63) is 60.0 Å². The van der Waals surface area contributed by atoms with Crippen LogP contribution in [0, 0.1) is 0 Å². The van der Waals surface area contributed by atoms with Crippen LogP contribution in [0.2, 0.25) is 0 Å². The first-order valence-corrected chi connectivity index (χ1v) is 6.01. The average Bonchev–Trinajstić information content (AvgIpc) is 2.94. The molecule has 1 heterocycles. The number of H-pyrrole nitrogens is 1. The Morgan fingerprint density at radius 2 is 2.39 bits per heavy atom. The van der Waals surface area contributed by atoms with Gasteiger partial charge in [-0.25, -0.2) is 0 Å². The van der Waals surface area contributed by atoms with Gasteiger partial charge >= 0.3 is 0 Å². The third-order valence-corrected chi connectivity index (χ3v) is 3.13. The lowest BCUT2D eigenvalue weighted by atomic mass is 10.2. The number of rotatable bonds is 6. The minimum atomic E-state index is 0.0677. The quantitative estimate of drug-likeness (QED) is 0.616. The molecule has 1 aliphatic carbocycles. The van der Waals surface area contributed by atoms with Crippen LogP contribution in [0.5, 0.6) is 0 Å². The molecule has 1 unspecified atom stereocenters. The minimum absolute atomic E-state index is 0.0677. The van der Waals surface area contributed by atoms with Crippen molar-refractivity contribution >= 4 is 6.29 Å². The highest BCUT2D eigenvalue weighted by molar-refractivity contribution is 5.73. The summed E-state index contributed by atoms with van der Waals surface area (Å²) in [4.78, 5) is 13.8. The van der Waals surface area contributed by atoms with E-state index in [-0.39, 0.29) is 6.10 Å². The first kappa shape index (κ1) is 12.6. The molecule has 1 atom stereocenters. The number of ether oxygens (including phenoxy) is 1. The summed E-state index contributed by atoms with van der Waals surface area (Å²) < 4.78 is 5.87. The molecule has 0 aliphatic heterocycles. The molecule has 94 valence electrons. The van der Waals surface area contributed by atoms with Crippen LogP contribution in [0.15, 0.2) is 43.0 Å². The van der Waals surface area contributed by atoms with Crippen LogP contribution in [0.3, 0.4) is 0 Å². The van der Waals surface area contributed by atoms with Crippen LogP contribution in [-0.4, -0.2) is 17.9 Å². The van der Waals surface area contributed by atoms with E-state index in [0.29, 0.717) is 12.3 Å². The molecule has 0 spiro atoms. The van der Waals surface area contributed by atoms with Gasteiger partial charge in [-0.2, -0.15) is 0 Å². The summed E-state index contributed by atoms with van der Waals surface area (Å²) >= 11 is 0. The number of aromatic amines is 1. The number of hydrogen-bond acceptors (Lipinski definition) is 2. The van der Waals surface area contributed by atoms with Gasteiger partial charge in [0.1, 0.15) is 0 Å². The number of allylic oxidation sites excluding steroid dienone is 2. The third-order valence-electron chi connectivity index (χ3n) is 3.13. The second kappa shape index (κ2) is 5.65. The molecule has 0 radical (unpaired) electrons. The number of fused-ring (bicyclic) bond motifs is 1. The van der Waals surface area contributed by atoms with Crippen LogP contribution in [-0.2, 0) is 11.2 Å². The van der Waals surface area contributed by atoms with Gasteiger partial charge in [-0.05, 0) is 24.5 Å². The molecule has 1 aromatic rings. The van der Waals surface area contributed by atoms with Gasteiger partial charge < -0.3 is 9.72 Å². The highest BCUT2D eigenvalue weighted by atomic mass is 16.5. The van der Waals surface area contributed by atoms with Gasteiger partial charge in [0.15, 0.2) is 6.29 Å². The van der Waals surface area contributed by atoms with E-state index < -0.39 is 0 Å². The zero-order valence-corrected chi connectivity index (χ0v) is 10.3. The number of aromatic nitrogens is 1. The van der Waals surface area contributed by atoms with Crippen molar-refractivity contribution in [2.75, 3.05) is 6.61 Å². The first-order chi connectivity index (χ1) is 8.78. The molecule has 0 saturated heterocycles. The van der Waals surface area contributed by atoms with Crippen molar-refractivity contribution in [1.82, 2.24) is 4.98 Å². The summed E-state index contributed by atoms with van der Waals surface area (Å²) in [6.07, 6.45) is 8.17. The highest BCUT2D eigenvalue weighted by Gasteiger charge is 2.25. The summed E-state index contributed by atoms with van der Waals surface area (Å²) in [5, 5.41) is 0. The molecule has 0 aromatic carbocycles. The number of aryl methyl sites for hydroxylation is 1. The Balaban J connectivity index is 2.03. The Hall–Kier alpha value is -1.87. The molecular weight excluding hydrogens is 226 g/mol. The molecular formula is C15H17NO2. The van der Waals surface area contributed by atoms with E-state index >= 15 is 0 Å². The maximum atomic E-state index is 10.7. The molecule has 0 amide bonds. The smallest absolute Gasteiger partial charge is 0.166 e. The van der Waals surface area contributed by atoms with Gasteiger partial charge in [-0.15, -0.1) is 0 Å². The number of carbonyl (C=O) groups is 1. The van der Waals surface area contributed by atoms with E-state index in [2.05, 4.69) is 18.1 Å². The van der Waals surface area contributed by atoms with Gasteiger partial charge in [-0.1, -0.05) is 31.4 Å². The fourth-order valence-corrected chi connectivity index (χ4v) is 2.22. The Morgan fingerprint density at radius 3 is 3.06 bits per heavy atom. The van der Waals surface area contributed by atoms with E-state index in [1.165, 1.54) is 0 Å². The first-order valence-electron chi connectivity index (χ1n) is 6.01. The monoisotopic (exact) mass is 243 g/mol. The molecule has 0 saturated carbocycles. The topological polar surface area (TPSA) is 42.1 Å². The molecule has 0 fully saturated rings. The Morgan fingerprint density at radius 1 is 1.56 bits per heavy atom.